The van der Waals surface area contributed by atoms with Crippen LogP contribution in [0.4, 0.5) is 5.69 Å². The number of amides is 1. The number of anilines is 1. The number of hydrogen-bond donors (Lipinski definition) is 1. The van der Waals surface area contributed by atoms with E-state index < -0.39 is 17.8 Å². The molecule has 1 N–H and O–H groups in total. The van der Waals surface area contributed by atoms with Crippen molar-refractivity contribution in [2.45, 2.75) is 25.2 Å². The van der Waals surface area contributed by atoms with Gasteiger partial charge in [-0.05, 0) is 48.9 Å². The Morgan fingerprint density at radius 1 is 1.11 bits per heavy atom. The van der Waals surface area contributed by atoms with E-state index in [1.54, 1.807) is 28.8 Å². The monoisotopic (exact) mass is 544 g/mol. The molecule has 10 nitrogen and oxygen atoms in total. The van der Waals surface area contributed by atoms with Crippen molar-refractivity contribution in [3.05, 3.63) is 76.6 Å². The zero-order valence-corrected chi connectivity index (χ0v) is 22.0. The number of carbonyl (C=O) groups excluding carboxylic acids is 3. The third kappa shape index (κ3) is 7.11. The van der Waals surface area contributed by atoms with Gasteiger partial charge >= 0.3 is 11.9 Å². The molecule has 12 heteroatoms. The summed E-state index contributed by atoms with van der Waals surface area (Å²) in [6.07, 6.45) is 1.69. The van der Waals surface area contributed by atoms with Gasteiger partial charge in [-0.15, -0.1) is 16.8 Å². The predicted octanol–water partition coefficient (Wildman–Crippen LogP) is 4.31. The molecule has 1 aromatic heterocycles. The molecule has 0 bridgehead atoms. The highest BCUT2D eigenvalue weighted by Gasteiger charge is 2.19. The predicted molar refractivity (Wildman–Crippen MR) is 139 cm³/mol. The maximum Gasteiger partial charge on any atom is 0.339 e. The summed E-state index contributed by atoms with van der Waals surface area (Å²) in [5, 5.41) is 12.1. The Kier molecular flexibility index (Phi) is 9.70. The molecule has 1 amide bonds. The Hall–Kier alpha value is -3.83. The fourth-order valence-electron chi connectivity index (χ4n) is 3.26. The molecule has 0 radical (unpaired) electrons. The van der Waals surface area contributed by atoms with Crippen LogP contribution in [0.25, 0.3) is 0 Å². The zero-order chi connectivity index (χ0) is 26.9. The van der Waals surface area contributed by atoms with Crippen molar-refractivity contribution in [2.24, 2.45) is 0 Å². The lowest BCUT2D eigenvalue weighted by molar-refractivity contribution is -0.113. The van der Waals surface area contributed by atoms with Crippen LogP contribution in [0.2, 0.25) is 5.02 Å². The molecule has 0 aliphatic carbocycles. The molecule has 0 saturated carbocycles. The second kappa shape index (κ2) is 12.9. The number of methoxy groups -OCH3 is 2. The second-order valence-corrected chi connectivity index (χ2v) is 8.96. The number of aromatic nitrogens is 3. The minimum atomic E-state index is -0.661. The van der Waals surface area contributed by atoms with E-state index in [1.165, 1.54) is 32.4 Å². The lowest BCUT2D eigenvalue weighted by Crippen LogP contribution is -2.18. The number of carbonyl (C=O) groups is 3. The van der Waals surface area contributed by atoms with Crippen LogP contribution in [0, 0.1) is 6.92 Å². The summed E-state index contributed by atoms with van der Waals surface area (Å²) in [7, 11) is 2.46. The van der Waals surface area contributed by atoms with E-state index in [9.17, 15) is 14.4 Å². The summed E-state index contributed by atoms with van der Waals surface area (Å²) in [4.78, 5) is 36.8. The van der Waals surface area contributed by atoms with E-state index in [2.05, 4.69) is 22.1 Å². The average Bonchev–Trinajstić information content (AvgIpc) is 3.27. The lowest BCUT2D eigenvalue weighted by atomic mass is 10.1. The molecule has 1 heterocycles. The molecular formula is C25H25ClN4O6S. The van der Waals surface area contributed by atoms with Gasteiger partial charge < -0.3 is 19.5 Å². The number of ether oxygens (including phenoxy) is 3. The van der Waals surface area contributed by atoms with Gasteiger partial charge in [0.1, 0.15) is 12.4 Å². The number of benzene rings is 2. The number of allylic oxidation sites excluding steroid dienone is 1. The van der Waals surface area contributed by atoms with Crippen molar-refractivity contribution >= 4 is 46.9 Å². The summed E-state index contributed by atoms with van der Waals surface area (Å²) < 4.78 is 17.1. The molecule has 0 spiro atoms. The van der Waals surface area contributed by atoms with E-state index in [1.807, 2.05) is 6.92 Å². The highest BCUT2D eigenvalue weighted by atomic mass is 35.5. The first-order valence-corrected chi connectivity index (χ1v) is 12.3. The van der Waals surface area contributed by atoms with Crippen LogP contribution in [0.5, 0.6) is 5.75 Å². The molecule has 0 fully saturated rings. The Balaban J connectivity index is 1.71. The van der Waals surface area contributed by atoms with Crippen LogP contribution in [0.3, 0.4) is 0 Å². The van der Waals surface area contributed by atoms with Crippen molar-refractivity contribution in [1.29, 1.82) is 0 Å². The standard InChI is InChI=1S/C25H25ClN4O6S/c1-5-10-30-21(13-36-20-9-7-17(26)11-15(20)2)28-29-25(30)37-14-22(31)27-19-12-16(23(32)34-3)6-8-18(19)24(33)35-4/h5-9,11-12H,1,10,13-14H2,2-4H3,(H,27,31). The van der Waals surface area contributed by atoms with E-state index in [0.29, 0.717) is 28.3 Å². The summed E-state index contributed by atoms with van der Waals surface area (Å²) >= 11 is 7.15. The smallest absolute Gasteiger partial charge is 0.339 e. The number of rotatable bonds is 11. The third-order valence-electron chi connectivity index (χ3n) is 5.05. The zero-order valence-electron chi connectivity index (χ0n) is 20.4. The number of hydrogen-bond acceptors (Lipinski definition) is 9. The molecule has 0 saturated heterocycles. The average molecular weight is 545 g/mol. The van der Waals surface area contributed by atoms with E-state index in [4.69, 9.17) is 25.8 Å². The third-order valence-corrected chi connectivity index (χ3v) is 6.25. The van der Waals surface area contributed by atoms with Gasteiger partial charge in [0, 0.05) is 11.6 Å². The highest BCUT2D eigenvalue weighted by Crippen LogP contribution is 2.24. The van der Waals surface area contributed by atoms with Gasteiger partial charge in [0.2, 0.25) is 5.91 Å². The molecule has 3 aromatic rings. The van der Waals surface area contributed by atoms with Gasteiger partial charge in [-0.3, -0.25) is 9.36 Å². The van der Waals surface area contributed by atoms with E-state index in [-0.39, 0.29) is 29.2 Å². The van der Waals surface area contributed by atoms with Crippen molar-refractivity contribution in [3.8, 4) is 5.75 Å². The molecule has 37 heavy (non-hydrogen) atoms. The topological polar surface area (TPSA) is 122 Å². The van der Waals surface area contributed by atoms with Gasteiger partial charge in [-0.25, -0.2) is 9.59 Å². The summed E-state index contributed by atoms with van der Waals surface area (Å²) in [6, 6.07) is 9.48. The van der Waals surface area contributed by atoms with Crippen molar-refractivity contribution < 1.29 is 28.6 Å². The Morgan fingerprint density at radius 3 is 2.54 bits per heavy atom. The van der Waals surface area contributed by atoms with Gasteiger partial charge in [0.15, 0.2) is 11.0 Å². The molecule has 0 aliphatic rings. The van der Waals surface area contributed by atoms with Crippen LogP contribution >= 0.6 is 23.4 Å². The van der Waals surface area contributed by atoms with Gasteiger partial charge in [-0.1, -0.05) is 29.4 Å². The van der Waals surface area contributed by atoms with Crippen molar-refractivity contribution in [3.63, 3.8) is 0 Å². The maximum atomic E-state index is 12.7. The Bertz CT molecular complexity index is 1330. The SMILES string of the molecule is C=CCn1c(COc2ccc(Cl)cc2C)nnc1SCC(=O)Nc1cc(C(=O)OC)ccc1C(=O)OC. The van der Waals surface area contributed by atoms with Crippen LogP contribution in [0.1, 0.15) is 32.1 Å². The quantitative estimate of drug-likeness (QED) is 0.214. The molecule has 194 valence electrons. The minimum Gasteiger partial charge on any atom is -0.485 e. The second-order valence-electron chi connectivity index (χ2n) is 7.58. The summed E-state index contributed by atoms with van der Waals surface area (Å²) in [6.45, 7) is 6.22. The first kappa shape index (κ1) is 27.8. The molecular weight excluding hydrogens is 520 g/mol. The maximum absolute atomic E-state index is 12.7. The van der Waals surface area contributed by atoms with Gasteiger partial charge in [0.25, 0.3) is 0 Å². The van der Waals surface area contributed by atoms with Crippen molar-refractivity contribution in [2.75, 3.05) is 25.3 Å². The van der Waals surface area contributed by atoms with E-state index in [0.717, 1.165) is 17.3 Å². The molecule has 3 rings (SSSR count). The largest absolute Gasteiger partial charge is 0.485 e. The number of thioether (sulfide) groups is 1. The van der Waals surface area contributed by atoms with Crippen LogP contribution in [0.15, 0.2) is 54.2 Å². The molecule has 2 aromatic carbocycles. The molecule has 0 unspecified atom stereocenters. The summed E-state index contributed by atoms with van der Waals surface area (Å²) in [5.41, 5.74) is 1.28. The molecule has 0 atom stereocenters. The number of esters is 2. The number of halogens is 1. The van der Waals surface area contributed by atoms with Crippen LogP contribution < -0.4 is 10.1 Å². The fraction of sp³-hybridized carbons (Fsp3) is 0.240. The van der Waals surface area contributed by atoms with Gasteiger partial charge in [-0.2, -0.15) is 0 Å². The Morgan fingerprint density at radius 2 is 1.86 bits per heavy atom. The van der Waals surface area contributed by atoms with Gasteiger partial charge in [0.05, 0.1) is 36.8 Å². The first-order chi connectivity index (χ1) is 17.8. The minimum absolute atomic E-state index is 0.0461. The molecule has 0 aliphatic heterocycles. The van der Waals surface area contributed by atoms with Crippen LogP contribution in [-0.2, 0) is 27.4 Å². The van der Waals surface area contributed by atoms with E-state index >= 15 is 0 Å². The number of nitrogens with one attached hydrogen (secondary N) is 1. The highest BCUT2D eigenvalue weighted by molar-refractivity contribution is 7.99. The number of aryl methyl sites for hydroxylation is 1. The fourth-order valence-corrected chi connectivity index (χ4v) is 4.25. The first-order valence-electron chi connectivity index (χ1n) is 10.9. The normalized spacial score (nSPS) is 10.5. The lowest BCUT2D eigenvalue weighted by Gasteiger charge is -2.12. The van der Waals surface area contributed by atoms with Crippen molar-refractivity contribution in [1.82, 2.24) is 14.8 Å². The summed E-state index contributed by atoms with van der Waals surface area (Å²) in [5.74, 6) is -0.527. The number of nitrogens with zero attached hydrogens (tertiary/aromatic N) is 3. The Labute approximate surface area is 222 Å². The van der Waals surface area contributed by atoms with Crippen LogP contribution in [-0.4, -0.2) is 52.6 Å².